The maximum absolute atomic E-state index is 11.6. The lowest BCUT2D eigenvalue weighted by atomic mass is 9.89. The van der Waals surface area contributed by atoms with Crippen molar-refractivity contribution in [2.75, 3.05) is 0 Å². The van der Waals surface area contributed by atoms with Crippen molar-refractivity contribution in [2.45, 2.75) is 26.2 Å². The van der Waals surface area contributed by atoms with Crippen molar-refractivity contribution in [3.8, 4) is 0 Å². The van der Waals surface area contributed by atoms with Crippen LogP contribution in [0.3, 0.4) is 0 Å². The van der Waals surface area contributed by atoms with Gasteiger partial charge in [0.1, 0.15) is 0 Å². The number of nitrogens with zero attached hydrogens (tertiary/aromatic N) is 2. The van der Waals surface area contributed by atoms with Gasteiger partial charge in [0.25, 0.3) is 5.56 Å². The Bertz CT molecular complexity index is 572. The second-order valence-corrected chi connectivity index (χ2v) is 5.26. The highest BCUT2D eigenvalue weighted by atomic mass is 32.1. The number of H-pyrrole nitrogens is 1. The van der Waals surface area contributed by atoms with E-state index in [2.05, 4.69) is 22.3 Å². The minimum atomic E-state index is -0.0907. The Balaban J connectivity index is 2.34. The van der Waals surface area contributed by atoms with E-state index in [1.54, 1.807) is 11.3 Å². The van der Waals surface area contributed by atoms with Gasteiger partial charge in [0.05, 0.1) is 5.39 Å². The second kappa shape index (κ2) is 3.13. The van der Waals surface area contributed by atoms with Crippen LogP contribution in [-0.2, 0) is 12.8 Å². The van der Waals surface area contributed by atoms with Gasteiger partial charge in [0.15, 0.2) is 4.83 Å². The summed E-state index contributed by atoms with van der Waals surface area (Å²) in [5.74, 6) is 0.720. The predicted molar refractivity (Wildman–Crippen MR) is 59.2 cm³/mol. The third-order valence-corrected chi connectivity index (χ3v) is 4.15. The van der Waals surface area contributed by atoms with Crippen LogP contribution < -0.4 is 5.56 Å². The van der Waals surface area contributed by atoms with Crippen molar-refractivity contribution in [3.05, 3.63) is 20.8 Å². The molecule has 1 atom stereocenters. The summed E-state index contributed by atoms with van der Waals surface area (Å²) in [5, 5.41) is 10.8. The monoisotopic (exact) mass is 221 g/mol. The molecule has 4 nitrogen and oxygen atoms in total. The quantitative estimate of drug-likeness (QED) is 0.733. The Kier molecular flexibility index (Phi) is 1.88. The van der Waals surface area contributed by atoms with Crippen LogP contribution in [0.5, 0.6) is 0 Å². The van der Waals surface area contributed by atoms with Crippen molar-refractivity contribution in [1.29, 1.82) is 0 Å². The van der Waals surface area contributed by atoms with E-state index in [0.29, 0.717) is 0 Å². The van der Waals surface area contributed by atoms with E-state index in [0.717, 1.165) is 29.0 Å². The zero-order valence-electron chi connectivity index (χ0n) is 8.41. The Morgan fingerprint density at radius 3 is 3.27 bits per heavy atom. The molecule has 5 heteroatoms. The topological polar surface area (TPSA) is 58.6 Å². The normalized spacial score (nSPS) is 20.5. The molecular formula is C10H11N3OS. The fraction of sp³-hybridized carbons (Fsp3) is 0.500. The number of hydrogen-bond donors (Lipinski definition) is 1. The molecule has 0 bridgehead atoms. The molecular weight excluding hydrogens is 210 g/mol. The first-order chi connectivity index (χ1) is 7.25. The lowest BCUT2D eigenvalue weighted by Crippen LogP contribution is -2.13. The molecule has 1 N–H and O–H groups in total. The van der Waals surface area contributed by atoms with Crippen molar-refractivity contribution in [1.82, 2.24) is 15.4 Å². The molecule has 0 fully saturated rings. The summed E-state index contributed by atoms with van der Waals surface area (Å²) in [4.78, 5) is 13.8. The van der Waals surface area contributed by atoms with Crippen molar-refractivity contribution >= 4 is 21.6 Å². The first-order valence-electron chi connectivity index (χ1n) is 5.11. The Morgan fingerprint density at radius 2 is 2.40 bits per heavy atom. The molecule has 2 aromatic rings. The summed E-state index contributed by atoms with van der Waals surface area (Å²) in [7, 11) is 0. The van der Waals surface area contributed by atoms with Crippen LogP contribution in [0.2, 0.25) is 0 Å². The molecule has 78 valence electrons. The third kappa shape index (κ3) is 1.30. The SMILES string of the molecule is C[C@@H]1CCc2c(sc3nn[nH]c(=O)c23)C1. The van der Waals surface area contributed by atoms with Crippen LogP contribution in [-0.4, -0.2) is 15.4 Å². The van der Waals surface area contributed by atoms with Crippen molar-refractivity contribution in [2.24, 2.45) is 5.92 Å². The van der Waals surface area contributed by atoms with E-state index in [1.165, 1.54) is 16.9 Å². The second-order valence-electron chi connectivity index (χ2n) is 4.17. The number of aryl methyl sites for hydroxylation is 1. The van der Waals surface area contributed by atoms with Crippen LogP contribution in [0.25, 0.3) is 10.2 Å². The third-order valence-electron chi connectivity index (χ3n) is 3.01. The molecule has 2 aromatic heterocycles. The number of aromatic amines is 1. The van der Waals surface area contributed by atoms with Gasteiger partial charge in [-0.3, -0.25) is 4.79 Å². The molecule has 0 saturated heterocycles. The molecule has 2 heterocycles. The molecule has 0 aromatic carbocycles. The van der Waals surface area contributed by atoms with Crippen molar-refractivity contribution in [3.63, 3.8) is 0 Å². The van der Waals surface area contributed by atoms with Gasteiger partial charge >= 0.3 is 0 Å². The van der Waals surface area contributed by atoms with E-state index in [9.17, 15) is 4.79 Å². The number of rotatable bonds is 0. The summed E-state index contributed by atoms with van der Waals surface area (Å²) >= 11 is 1.62. The Morgan fingerprint density at radius 1 is 1.53 bits per heavy atom. The maximum atomic E-state index is 11.6. The summed E-state index contributed by atoms with van der Waals surface area (Å²) in [5.41, 5.74) is 1.12. The van der Waals surface area contributed by atoms with Gasteiger partial charge in [-0.1, -0.05) is 12.1 Å². The average Bonchev–Trinajstić information content (AvgIpc) is 2.56. The zero-order chi connectivity index (χ0) is 10.4. The first-order valence-corrected chi connectivity index (χ1v) is 5.93. The van der Waals surface area contributed by atoms with E-state index in [1.807, 2.05) is 0 Å². The lowest BCUT2D eigenvalue weighted by molar-refractivity contribution is 0.509. The largest absolute Gasteiger partial charge is 0.276 e. The molecule has 1 aliphatic carbocycles. The minimum absolute atomic E-state index is 0.0907. The zero-order valence-corrected chi connectivity index (χ0v) is 9.23. The van der Waals surface area contributed by atoms with Gasteiger partial charge in [-0.05, 0) is 30.7 Å². The molecule has 1 aliphatic rings. The van der Waals surface area contributed by atoms with Gasteiger partial charge in [-0.25, -0.2) is 5.10 Å². The highest BCUT2D eigenvalue weighted by Crippen LogP contribution is 2.34. The van der Waals surface area contributed by atoms with Gasteiger partial charge in [-0.2, -0.15) is 0 Å². The van der Waals surface area contributed by atoms with Crippen LogP contribution in [0, 0.1) is 5.92 Å². The molecule has 15 heavy (non-hydrogen) atoms. The number of thiophene rings is 1. The highest BCUT2D eigenvalue weighted by Gasteiger charge is 2.22. The van der Waals surface area contributed by atoms with E-state index >= 15 is 0 Å². The summed E-state index contributed by atoms with van der Waals surface area (Å²) in [6, 6.07) is 0. The van der Waals surface area contributed by atoms with E-state index < -0.39 is 0 Å². The maximum Gasteiger partial charge on any atom is 0.276 e. The molecule has 0 saturated carbocycles. The first kappa shape index (κ1) is 9.03. The molecule has 3 rings (SSSR count). The number of hydrogen-bond acceptors (Lipinski definition) is 4. The highest BCUT2D eigenvalue weighted by molar-refractivity contribution is 7.18. The van der Waals surface area contributed by atoms with E-state index in [4.69, 9.17) is 0 Å². The van der Waals surface area contributed by atoms with Gasteiger partial charge in [0, 0.05) is 4.88 Å². The Hall–Kier alpha value is -1.23. The molecule has 0 radical (unpaired) electrons. The number of aromatic nitrogens is 3. The number of nitrogens with one attached hydrogen (secondary N) is 1. The van der Waals surface area contributed by atoms with Crippen LogP contribution in [0.1, 0.15) is 23.8 Å². The van der Waals surface area contributed by atoms with E-state index in [-0.39, 0.29) is 5.56 Å². The summed E-state index contributed by atoms with van der Waals surface area (Å²) < 4.78 is 0. The fourth-order valence-electron chi connectivity index (χ4n) is 2.21. The van der Waals surface area contributed by atoms with Gasteiger partial charge in [0.2, 0.25) is 0 Å². The fourth-order valence-corrected chi connectivity index (χ4v) is 3.54. The predicted octanol–water partition coefficient (Wildman–Crippen LogP) is 1.50. The van der Waals surface area contributed by atoms with Gasteiger partial charge < -0.3 is 0 Å². The van der Waals surface area contributed by atoms with Crippen LogP contribution in [0.4, 0.5) is 0 Å². The standard InChI is InChI=1S/C10H11N3OS/c1-5-2-3-6-7(4-5)15-10-8(6)9(14)11-13-12-10/h5H,2-4H2,1H3,(H,11,12,14)/t5-/m1/s1. The molecule has 0 aliphatic heterocycles. The van der Waals surface area contributed by atoms with Gasteiger partial charge in [-0.15, -0.1) is 16.4 Å². The molecule has 0 spiro atoms. The summed E-state index contributed by atoms with van der Waals surface area (Å²) in [6.45, 7) is 2.25. The smallest absolute Gasteiger partial charge is 0.267 e. The Labute approximate surface area is 90.3 Å². The minimum Gasteiger partial charge on any atom is -0.267 e. The van der Waals surface area contributed by atoms with Crippen molar-refractivity contribution < 1.29 is 0 Å². The van der Waals surface area contributed by atoms with Crippen LogP contribution >= 0.6 is 11.3 Å². The average molecular weight is 221 g/mol. The molecule has 0 amide bonds. The lowest BCUT2D eigenvalue weighted by Gasteiger charge is -2.17. The van der Waals surface area contributed by atoms with Crippen LogP contribution in [0.15, 0.2) is 4.79 Å². The number of fused-ring (bicyclic) bond motifs is 3. The molecule has 0 unspecified atom stereocenters. The summed E-state index contributed by atoms with van der Waals surface area (Å²) in [6.07, 6.45) is 3.25.